The van der Waals surface area contributed by atoms with Crippen molar-refractivity contribution >= 4 is 28.4 Å². The predicted octanol–water partition coefficient (Wildman–Crippen LogP) is 2.45. The zero-order chi connectivity index (χ0) is 13.1. The van der Waals surface area contributed by atoms with Crippen LogP contribution in [0.5, 0.6) is 0 Å². The molecule has 0 amide bonds. The zero-order valence-corrected chi connectivity index (χ0v) is 12.7. The van der Waals surface area contributed by atoms with Crippen LogP contribution in [-0.2, 0) is 6.42 Å². The van der Waals surface area contributed by atoms with E-state index in [9.17, 15) is 0 Å². The van der Waals surface area contributed by atoms with Crippen LogP contribution in [0.25, 0.3) is 11.5 Å². The average Bonchev–Trinajstić information content (AvgIpc) is 2.39. The maximum Gasteiger partial charge on any atom is 0.180 e. The van der Waals surface area contributed by atoms with Crippen LogP contribution in [0.3, 0.4) is 0 Å². The number of aryl methyl sites for hydroxylation is 2. The topological polar surface area (TPSA) is 63.6 Å². The number of rotatable bonds is 3. The highest BCUT2D eigenvalue weighted by molar-refractivity contribution is 14.1. The zero-order valence-electron chi connectivity index (χ0n) is 10.5. The second-order valence-electron chi connectivity index (χ2n) is 3.75. The van der Waals surface area contributed by atoms with E-state index in [0.29, 0.717) is 5.82 Å². The normalized spacial score (nSPS) is 10.4. The summed E-state index contributed by atoms with van der Waals surface area (Å²) in [6.45, 7) is 3.94. The third-order valence-corrected chi connectivity index (χ3v) is 3.63. The lowest BCUT2D eigenvalue weighted by atomic mass is 10.3. The Hall–Kier alpha value is -1.31. The first-order valence-electron chi connectivity index (χ1n) is 5.70. The summed E-state index contributed by atoms with van der Waals surface area (Å²) < 4.78 is 1.06. The van der Waals surface area contributed by atoms with Gasteiger partial charge in [0.05, 0.1) is 9.26 Å². The number of aromatic nitrogens is 4. The number of nitrogens with zero attached hydrogens (tertiary/aromatic N) is 4. The Kier molecular flexibility index (Phi) is 4.05. The van der Waals surface area contributed by atoms with E-state index in [4.69, 9.17) is 0 Å². The van der Waals surface area contributed by atoms with Crippen LogP contribution in [0.4, 0.5) is 5.82 Å². The molecule has 0 saturated carbocycles. The molecule has 94 valence electrons. The molecule has 1 N–H and O–H groups in total. The van der Waals surface area contributed by atoms with Gasteiger partial charge in [-0.05, 0) is 42.0 Å². The minimum absolute atomic E-state index is 0.641. The molecule has 0 bridgehead atoms. The van der Waals surface area contributed by atoms with Gasteiger partial charge in [-0.2, -0.15) is 0 Å². The van der Waals surface area contributed by atoms with Crippen LogP contribution in [0.2, 0.25) is 0 Å². The minimum Gasteiger partial charge on any atom is -0.372 e. The van der Waals surface area contributed by atoms with Crippen LogP contribution in [0.15, 0.2) is 12.3 Å². The van der Waals surface area contributed by atoms with E-state index in [1.54, 1.807) is 6.20 Å². The van der Waals surface area contributed by atoms with Crippen LogP contribution in [-0.4, -0.2) is 27.0 Å². The van der Waals surface area contributed by atoms with Gasteiger partial charge < -0.3 is 5.32 Å². The average molecular weight is 355 g/mol. The molecule has 0 aromatic carbocycles. The van der Waals surface area contributed by atoms with Crippen LogP contribution < -0.4 is 5.32 Å². The molecule has 0 aliphatic rings. The minimum atomic E-state index is 0.641. The summed E-state index contributed by atoms with van der Waals surface area (Å²) in [5.41, 5.74) is 1.78. The Balaban J connectivity index is 2.58. The highest BCUT2D eigenvalue weighted by Gasteiger charge is 2.12. The molecule has 2 aromatic rings. The van der Waals surface area contributed by atoms with E-state index in [1.807, 2.05) is 20.0 Å². The first kappa shape index (κ1) is 13.1. The van der Waals surface area contributed by atoms with E-state index < -0.39 is 0 Å². The maximum atomic E-state index is 4.56. The molecule has 18 heavy (non-hydrogen) atoms. The molecule has 2 heterocycles. The summed E-state index contributed by atoms with van der Waals surface area (Å²) in [6.07, 6.45) is 2.59. The van der Waals surface area contributed by atoms with Gasteiger partial charge in [0.1, 0.15) is 17.3 Å². The van der Waals surface area contributed by atoms with Gasteiger partial charge in [0.25, 0.3) is 0 Å². The molecule has 5 nitrogen and oxygen atoms in total. The van der Waals surface area contributed by atoms with Crippen molar-refractivity contribution in [1.82, 2.24) is 19.9 Å². The lowest BCUT2D eigenvalue weighted by molar-refractivity contribution is 0.971. The summed E-state index contributed by atoms with van der Waals surface area (Å²) in [6, 6.07) is 1.83. The van der Waals surface area contributed by atoms with Gasteiger partial charge in [-0.25, -0.2) is 19.9 Å². The van der Waals surface area contributed by atoms with Gasteiger partial charge in [0.15, 0.2) is 5.82 Å². The first-order chi connectivity index (χ1) is 8.65. The lowest BCUT2D eigenvalue weighted by Crippen LogP contribution is -2.05. The van der Waals surface area contributed by atoms with Crippen LogP contribution >= 0.6 is 22.6 Å². The van der Waals surface area contributed by atoms with Crippen molar-refractivity contribution in [3.05, 3.63) is 27.4 Å². The van der Waals surface area contributed by atoms with Gasteiger partial charge in [-0.15, -0.1) is 0 Å². The van der Waals surface area contributed by atoms with Crippen molar-refractivity contribution in [3.8, 4) is 11.5 Å². The smallest absolute Gasteiger partial charge is 0.180 e. The van der Waals surface area contributed by atoms with Crippen molar-refractivity contribution in [2.75, 3.05) is 12.4 Å². The third-order valence-electron chi connectivity index (χ3n) is 2.50. The third kappa shape index (κ3) is 2.58. The number of hydrogen-bond donors (Lipinski definition) is 1. The Labute approximate surface area is 120 Å². The number of hydrogen-bond acceptors (Lipinski definition) is 5. The first-order valence-corrected chi connectivity index (χ1v) is 6.77. The highest BCUT2D eigenvalue weighted by atomic mass is 127. The number of halogens is 1. The standard InChI is InChI=1S/C12H14IN5/c1-4-8-10(13)12(14-3)18-11(17-8)9-5-6-15-7(2)16-9/h5-6H,4H2,1-3H3,(H,14,17,18). The van der Waals surface area contributed by atoms with E-state index >= 15 is 0 Å². The molecule has 0 unspecified atom stereocenters. The van der Waals surface area contributed by atoms with Gasteiger partial charge in [0, 0.05) is 13.2 Å². The predicted molar refractivity (Wildman–Crippen MR) is 79.4 cm³/mol. The molecule has 0 radical (unpaired) electrons. The second-order valence-corrected chi connectivity index (χ2v) is 4.83. The number of anilines is 1. The van der Waals surface area contributed by atoms with E-state index in [1.165, 1.54) is 0 Å². The van der Waals surface area contributed by atoms with Crippen LogP contribution in [0, 0.1) is 10.5 Å². The van der Waals surface area contributed by atoms with Crippen molar-refractivity contribution < 1.29 is 0 Å². The van der Waals surface area contributed by atoms with Crippen molar-refractivity contribution in [3.63, 3.8) is 0 Å². The van der Waals surface area contributed by atoms with E-state index in [2.05, 4.69) is 54.8 Å². The summed E-state index contributed by atoms with van der Waals surface area (Å²) in [4.78, 5) is 17.5. The quantitative estimate of drug-likeness (QED) is 0.857. The molecule has 0 atom stereocenters. The second kappa shape index (κ2) is 5.55. The molecular weight excluding hydrogens is 341 g/mol. The summed E-state index contributed by atoms with van der Waals surface area (Å²) in [5.74, 6) is 2.20. The maximum absolute atomic E-state index is 4.56. The van der Waals surface area contributed by atoms with E-state index in [-0.39, 0.29) is 0 Å². The fraction of sp³-hybridized carbons (Fsp3) is 0.333. The van der Waals surface area contributed by atoms with Crippen LogP contribution in [0.1, 0.15) is 18.4 Å². The number of nitrogens with one attached hydrogen (secondary N) is 1. The summed E-state index contributed by atoms with van der Waals surface area (Å²) >= 11 is 2.26. The molecule has 0 aliphatic heterocycles. The largest absolute Gasteiger partial charge is 0.372 e. The molecule has 0 saturated heterocycles. The fourth-order valence-electron chi connectivity index (χ4n) is 1.59. The van der Waals surface area contributed by atoms with Gasteiger partial charge in [-0.3, -0.25) is 0 Å². The lowest BCUT2D eigenvalue weighted by Gasteiger charge is -2.09. The fourth-order valence-corrected chi connectivity index (χ4v) is 2.48. The Bertz CT molecular complexity index is 545. The molecule has 0 fully saturated rings. The SMILES string of the molecule is CCc1nc(-c2ccnc(C)n2)nc(NC)c1I. The van der Waals surface area contributed by atoms with Gasteiger partial charge in [-0.1, -0.05) is 6.92 Å². The van der Waals surface area contributed by atoms with Crippen molar-refractivity contribution in [1.29, 1.82) is 0 Å². The van der Waals surface area contributed by atoms with Crippen molar-refractivity contribution in [2.24, 2.45) is 0 Å². The molecule has 2 aromatic heterocycles. The molecule has 0 aliphatic carbocycles. The van der Waals surface area contributed by atoms with Gasteiger partial charge >= 0.3 is 0 Å². The molecule has 0 spiro atoms. The Morgan fingerprint density at radius 3 is 2.67 bits per heavy atom. The molecule has 2 rings (SSSR count). The summed E-state index contributed by atoms with van der Waals surface area (Å²) in [7, 11) is 1.86. The highest BCUT2D eigenvalue weighted by Crippen LogP contribution is 2.23. The van der Waals surface area contributed by atoms with Crippen molar-refractivity contribution in [2.45, 2.75) is 20.3 Å². The Morgan fingerprint density at radius 1 is 1.28 bits per heavy atom. The van der Waals surface area contributed by atoms with E-state index in [0.717, 1.165) is 33.0 Å². The molecular formula is C12H14IN5. The monoisotopic (exact) mass is 355 g/mol. The molecule has 6 heteroatoms. The van der Waals surface area contributed by atoms with Gasteiger partial charge in [0.2, 0.25) is 0 Å². The summed E-state index contributed by atoms with van der Waals surface area (Å²) in [5, 5.41) is 3.09. The Morgan fingerprint density at radius 2 is 2.06 bits per heavy atom.